The molecule has 0 saturated carbocycles. The standard InChI is InChI=1S/C24H34N2O4S/c1-17(2)15-26(24-11-6-18(3)14-19(24)4)31(27,28)22-9-7-21(8-10-22)30-16-23-20(5)29-13-12-25-23/h6-11,14,17,20,23,25H,12-13,15-16H2,1-5H3. The Morgan fingerprint density at radius 3 is 2.48 bits per heavy atom. The van der Waals surface area contributed by atoms with Crippen molar-refractivity contribution in [2.75, 3.05) is 30.6 Å². The molecule has 2 unspecified atom stereocenters. The Kier molecular flexibility index (Phi) is 7.62. The summed E-state index contributed by atoms with van der Waals surface area (Å²) in [6.07, 6.45) is 0.0794. The first-order chi connectivity index (χ1) is 14.7. The maximum atomic E-state index is 13.5. The van der Waals surface area contributed by atoms with E-state index in [-0.39, 0.29) is 23.0 Å². The Bertz CT molecular complexity index is 974. The van der Waals surface area contributed by atoms with Gasteiger partial charge in [-0.05, 0) is 62.6 Å². The third kappa shape index (κ3) is 5.79. The fourth-order valence-electron chi connectivity index (χ4n) is 3.73. The summed E-state index contributed by atoms with van der Waals surface area (Å²) in [6.45, 7) is 12.4. The molecule has 1 heterocycles. The van der Waals surface area contributed by atoms with Gasteiger partial charge in [0, 0.05) is 13.1 Å². The van der Waals surface area contributed by atoms with Crippen molar-refractivity contribution in [3.8, 4) is 5.75 Å². The first-order valence-electron chi connectivity index (χ1n) is 10.9. The van der Waals surface area contributed by atoms with Gasteiger partial charge in [0.2, 0.25) is 0 Å². The van der Waals surface area contributed by atoms with Crippen molar-refractivity contribution in [3.05, 3.63) is 53.6 Å². The minimum Gasteiger partial charge on any atom is -0.492 e. The largest absolute Gasteiger partial charge is 0.492 e. The molecule has 2 aromatic rings. The van der Waals surface area contributed by atoms with Crippen LogP contribution in [0.1, 0.15) is 31.9 Å². The average Bonchev–Trinajstić information content (AvgIpc) is 2.72. The Morgan fingerprint density at radius 2 is 1.87 bits per heavy atom. The molecule has 0 amide bonds. The number of nitrogens with one attached hydrogen (secondary N) is 1. The van der Waals surface area contributed by atoms with E-state index in [1.165, 1.54) is 4.31 Å². The number of benzene rings is 2. The zero-order valence-corrected chi connectivity index (χ0v) is 19.9. The van der Waals surface area contributed by atoms with Crippen molar-refractivity contribution in [1.82, 2.24) is 5.32 Å². The van der Waals surface area contributed by atoms with E-state index in [0.717, 1.165) is 23.4 Å². The van der Waals surface area contributed by atoms with Crippen LogP contribution >= 0.6 is 0 Å². The maximum Gasteiger partial charge on any atom is 0.264 e. The zero-order chi connectivity index (χ0) is 22.6. The van der Waals surface area contributed by atoms with Crippen LogP contribution < -0.4 is 14.4 Å². The van der Waals surface area contributed by atoms with Crippen LogP contribution in [-0.4, -0.2) is 46.9 Å². The zero-order valence-electron chi connectivity index (χ0n) is 19.1. The summed E-state index contributed by atoms with van der Waals surface area (Å²) in [5, 5.41) is 3.38. The molecule has 0 spiro atoms. The lowest BCUT2D eigenvalue weighted by atomic mass is 10.1. The topological polar surface area (TPSA) is 67.9 Å². The summed E-state index contributed by atoms with van der Waals surface area (Å²) in [6, 6.07) is 12.6. The summed E-state index contributed by atoms with van der Waals surface area (Å²) >= 11 is 0. The monoisotopic (exact) mass is 446 g/mol. The first-order valence-corrected chi connectivity index (χ1v) is 12.3. The SMILES string of the molecule is Cc1ccc(N(CC(C)C)S(=O)(=O)c2ccc(OCC3NCCOC3C)cc2)c(C)c1. The van der Waals surface area contributed by atoms with Gasteiger partial charge in [-0.1, -0.05) is 31.5 Å². The third-order valence-electron chi connectivity index (χ3n) is 5.45. The Labute approximate surface area is 186 Å². The van der Waals surface area contributed by atoms with Crippen LogP contribution in [0, 0.1) is 19.8 Å². The highest BCUT2D eigenvalue weighted by Crippen LogP contribution is 2.29. The second-order valence-electron chi connectivity index (χ2n) is 8.64. The highest BCUT2D eigenvalue weighted by Gasteiger charge is 2.27. The highest BCUT2D eigenvalue weighted by atomic mass is 32.2. The first kappa shape index (κ1) is 23.6. The Morgan fingerprint density at radius 1 is 1.16 bits per heavy atom. The highest BCUT2D eigenvalue weighted by molar-refractivity contribution is 7.92. The molecule has 0 bridgehead atoms. The van der Waals surface area contributed by atoms with Gasteiger partial charge in [-0.15, -0.1) is 0 Å². The minimum absolute atomic E-state index is 0.0794. The van der Waals surface area contributed by atoms with Crippen molar-refractivity contribution < 1.29 is 17.9 Å². The van der Waals surface area contributed by atoms with Crippen molar-refractivity contribution >= 4 is 15.7 Å². The molecule has 1 fully saturated rings. The molecule has 0 radical (unpaired) electrons. The molecule has 0 aliphatic carbocycles. The third-order valence-corrected chi connectivity index (χ3v) is 7.24. The van der Waals surface area contributed by atoms with E-state index < -0.39 is 10.0 Å². The van der Waals surface area contributed by atoms with Crippen LogP contribution in [-0.2, 0) is 14.8 Å². The van der Waals surface area contributed by atoms with Crippen LogP contribution in [0.3, 0.4) is 0 Å². The van der Waals surface area contributed by atoms with Gasteiger partial charge in [-0.25, -0.2) is 8.42 Å². The van der Waals surface area contributed by atoms with Crippen molar-refractivity contribution in [3.63, 3.8) is 0 Å². The number of anilines is 1. The van der Waals surface area contributed by atoms with Crippen LogP contribution in [0.15, 0.2) is 47.4 Å². The number of aryl methyl sites for hydroxylation is 2. The molecule has 2 aromatic carbocycles. The summed E-state index contributed by atoms with van der Waals surface area (Å²) in [5.74, 6) is 0.825. The summed E-state index contributed by atoms with van der Waals surface area (Å²) < 4.78 is 40.1. The smallest absolute Gasteiger partial charge is 0.264 e. The van der Waals surface area contributed by atoms with Crippen molar-refractivity contribution in [1.29, 1.82) is 0 Å². The van der Waals surface area contributed by atoms with E-state index in [4.69, 9.17) is 9.47 Å². The molecule has 0 aromatic heterocycles. The lowest BCUT2D eigenvalue weighted by Gasteiger charge is -2.30. The quantitative estimate of drug-likeness (QED) is 0.666. The second kappa shape index (κ2) is 10.0. The molecule has 1 N–H and O–H groups in total. The molecule has 1 aliphatic heterocycles. The average molecular weight is 447 g/mol. The molecule has 1 saturated heterocycles. The minimum atomic E-state index is -3.70. The number of rotatable bonds is 8. The number of nitrogens with zero attached hydrogens (tertiary/aromatic N) is 1. The molecule has 3 rings (SSSR count). The fourth-order valence-corrected chi connectivity index (χ4v) is 5.42. The summed E-state index contributed by atoms with van der Waals surface area (Å²) in [4.78, 5) is 0.257. The predicted molar refractivity (Wildman–Crippen MR) is 124 cm³/mol. The van der Waals surface area contributed by atoms with Crippen LogP contribution in [0.25, 0.3) is 0 Å². The predicted octanol–water partition coefficient (Wildman–Crippen LogP) is 3.91. The van der Waals surface area contributed by atoms with Crippen molar-refractivity contribution in [2.45, 2.75) is 51.7 Å². The van der Waals surface area contributed by atoms with Gasteiger partial charge in [-0.2, -0.15) is 0 Å². The fraction of sp³-hybridized carbons (Fsp3) is 0.500. The normalized spacial score (nSPS) is 19.4. The van der Waals surface area contributed by atoms with E-state index in [9.17, 15) is 8.42 Å². The molecular formula is C24H34N2O4S. The van der Waals surface area contributed by atoms with Gasteiger partial charge in [0.15, 0.2) is 0 Å². The summed E-state index contributed by atoms with van der Waals surface area (Å²) in [7, 11) is -3.70. The van der Waals surface area contributed by atoms with Crippen LogP contribution in [0.4, 0.5) is 5.69 Å². The number of hydrogen-bond acceptors (Lipinski definition) is 5. The molecule has 2 atom stereocenters. The van der Waals surface area contributed by atoms with E-state index in [1.54, 1.807) is 24.3 Å². The molecule has 7 heteroatoms. The molecule has 170 valence electrons. The molecule has 6 nitrogen and oxygen atoms in total. The van der Waals surface area contributed by atoms with Crippen LogP contribution in [0.5, 0.6) is 5.75 Å². The lowest BCUT2D eigenvalue weighted by Crippen LogP contribution is -2.50. The summed E-state index contributed by atoms with van der Waals surface area (Å²) in [5.41, 5.74) is 2.77. The number of morpholine rings is 1. The lowest BCUT2D eigenvalue weighted by molar-refractivity contribution is -0.00475. The van der Waals surface area contributed by atoms with Gasteiger partial charge in [0.25, 0.3) is 10.0 Å². The Hall–Kier alpha value is -2.09. The van der Waals surface area contributed by atoms with Crippen molar-refractivity contribution in [2.24, 2.45) is 5.92 Å². The number of ether oxygens (including phenoxy) is 2. The molecular weight excluding hydrogens is 412 g/mol. The van der Waals surface area contributed by atoms with E-state index >= 15 is 0 Å². The van der Waals surface area contributed by atoms with E-state index in [0.29, 0.717) is 25.5 Å². The maximum absolute atomic E-state index is 13.5. The van der Waals surface area contributed by atoms with Crippen LogP contribution in [0.2, 0.25) is 0 Å². The second-order valence-corrected chi connectivity index (χ2v) is 10.5. The van der Waals surface area contributed by atoms with Gasteiger partial charge < -0.3 is 14.8 Å². The van der Waals surface area contributed by atoms with Gasteiger partial charge in [0.05, 0.1) is 29.3 Å². The van der Waals surface area contributed by atoms with E-state index in [2.05, 4.69) is 5.32 Å². The van der Waals surface area contributed by atoms with E-state index in [1.807, 2.05) is 52.8 Å². The van der Waals surface area contributed by atoms with Gasteiger partial charge >= 0.3 is 0 Å². The number of hydrogen-bond donors (Lipinski definition) is 1. The number of sulfonamides is 1. The molecule has 31 heavy (non-hydrogen) atoms. The Balaban J connectivity index is 1.79. The molecule has 1 aliphatic rings. The van der Waals surface area contributed by atoms with Gasteiger partial charge in [0.1, 0.15) is 12.4 Å². The van der Waals surface area contributed by atoms with Gasteiger partial charge in [-0.3, -0.25) is 4.31 Å².